The van der Waals surface area contributed by atoms with Crippen LogP contribution in [0, 0.1) is 0 Å². The summed E-state index contributed by atoms with van der Waals surface area (Å²) >= 11 is 0. The van der Waals surface area contributed by atoms with Gasteiger partial charge in [-0.25, -0.2) is 17.7 Å². The van der Waals surface area contributed by atoms with Crippen molar-refractivity contribution in [3.63, 3.8) is 0 Å². The maximum Gasteiger partial charge on any atom is 0.253 e. The Balaban J connectivity index is 1.60. The molecule has 2 aromatic carbocycles. The summed E-state index contributed by atoms with van der Waals surface area (Å²) in [4.78, 5) is 19.7. The largest absolute Gasteiger partial charge is 0.371 e. The Bertz CT molecular complexity index is 1220. The molecule has 1 aliphatic heterocycles. The number of benzene rings is 2. The molecule has 2 heterocycles. The van der Waals surface area contributed by atoms with Crippen LogP contribution in [0.25, 0.3) is 5.69 Å². The SMILES string of the molecule is CC(NC(=O)c1cc(S(=O)(=O)N(C)C)ccc1N1CCCC1)c1ccc(-n2ccnc2)cc1. The number of anilines is 1. The minimum Gasteiger partial charge on any atom is -0.371 e. The summed E-state index contributed by atoms with van der Waals surface area (Å²) in [5, 5.41) is 3.05. The second-order valence-electron chi connectivity index (χ2n) is 8.42. The lowest BCUT2D eigenvalue weighted by Crippen LogP contribution is -2.30. The molecule has 1 saturated heterocycles. The Hall–Kier alpha value is -3.17. The number of nitrogens with zero attached hydrogens (tertiary/aromatic N) is 4. The normalized spacial score (nSPS) is 15.1. The van der Waals surface area contributed by atoms with Gasteiger partial charge in [0.15, 0.2) is 0 Å². The van der Waals surface area contributed by atoms with Gasteiger partial charge in [0.2, 0.25) is 10.0 Å². The molecule has 1 atom stereocenters. The van der Waals surface area contributed by atoms with Crippen LogP contribution in [0.5, 0.6) is 0 Å². The van der Waals surface area contributed by atoms with Crippen molar-refractivity contribution >= 4 is 21.6 Å². The molecule has 9 heteroatoms. The fourth-order valence-corrected chi connectivity index (χ4v) is 4.94. The highest BCUT2D eigenvalue weighted by Gasteiger charge is 2.25. The number of carbonyl (C=O) groups is 1. The molecule has 1 N–H and O–H groups in total. The minimum atomic E-state index is -3.65. The van der Waals surface area contributed by atoms with Crippen molar-refractivity contribution in [1.82, 2.24) is 19.2 Å². The molecule has 0 saturated carbocycles. The topological polar surface area (TPSA) is 87.5 Å². The van der Waals surface area contributed by atoms with Gasteiger partial charge in [-0.05, 0) is 55.7 Å². The first-order chi connectivity index (χ1) is 15.8. The maximum atomic E-state index is 13.4. The van der Waals surface area contributed by atoms with Crippen LogP contribution < -0.4 is 10.2 Å². The Morgan fingerprint density at radius 3 is 2.39 bits per heavy atom. The molecule has 0 radical (unpaired) electrons. The van der Waals surface area contributed by atoms with Crippen molar-refractivity contribution in [3.05, 3.63) is 72.3 Å². The Labute approximate surface area is 194 Å². The van der Waals surface area contributed by atoms with E-state index in [4.69, 9.17) is 0 Å². The average molecular weight is 468 g/mol. The summed E-state index contributed by atoms with van der Waals surface area (Å²) in [5.41, 5.74) is 3.08. The predicted molar refractivity (Wildman–Crippen MR) is 128 cm³/mol. The molecule has 1 fully saturated rings. The summed E-state index contributed by atoms with van der Waals surface area (Å²) in [7, 11) is -0.683. The lowest BCUT2D eigenvalue weighted by atomic mass is 10.1. The van der Waals surface area contributed by atoms with Crippen molar-refractivity contribution in [1.29, 1.82) is 0 Å². The average Bonchev–Trinajstić information content (AvgIpc) is 3.53. The van der Waals surface area contributed by atoms with Gasteiger partial charge in [0.1, 0.15) is 0 Å². The number of hydrogen-bond acceptors (Lipinski definition) is 5. The van der Waals surface area contributed by atoms with E-state index in [0.29, 0.717) is 5.56 Å². The molecule has 1 amide bonds. The molecule has 1 aliphatic rings. The number of imidazole rings is 1. The summed E-state index contributed by atoms with van der Waals surface area (Å²) < 4.78 is 28.4. The van der Waals surface area contributed by atoms with Crippen molar-refractivity contribution < 1.29 is 13.2 Å². The van der Waals surface area contributed by atoms with Gasteiger partial charge in [0.25, 0.3) is 5.91 Å². The number of carbonyl (C=O) groups excluding carboxylic acids is 1. The van der Waals surface area contributed by atoms with Crippen LogP contribution in [-0.4, -0.2) is 55.4 Å². The molecule has 0 aliphatic carbocycles. The minimum absolute atomic E-state index is 0.109. The fourth-order valence-electron chi connectivity index (χ4n) is 4.01. The zero-order valence-electron chi connectivity index (χ0n) is 19.1. The second-order valence-corrected chi connectivity index (χ2v) is 10.6. The van der Waals surface area contributed by atoms with Gasteiger partial charge in [-0.2, -0.15) is 0 Å². The molecular weight excluding hydrogens is 438 g/mol. The second kappa shape index (κ2) is 9.36. The predicted octanol–water partition coefficient (Wildman–Crippen LogP) is 3.21. The van der Waals surface area contributed by atoms with Gasteiger partial charge >= 0.3 is 0 Å². The van der Waals surface area contributed by atoms with Crippen LogP contribution >= 0.6 is 0 Å². The molecule has 4 rings (SSSR count). The van der Waals surface area contributed by atoms with E-state index in [0.717, 1.165) is 47.2 Å². The van der Waals surface area contributed by atoms with E-state index < -0.39 is 10.0 Å². The summed E-state index contributed by atoms with van der Waals surface area (Å²) in [6.07, 6.45) is 7.43. The van der Waals surface area contributed by atoms with Crippen molar-refractivity contribution in [2.75, 3.05) is 32.1 Å². The van der Waals surface area contributed by atoms with E-state index in [9.17, 15) is 13.2 Å². The highest BCUT2D eigenvalue weighted by atomic mass is 32.2. The van der Waals surface area contributed by atoms with Crippen molar-refractivity contribution in [2.45, 2.75) is 30.7 Å². The third-order valence-electron chi connectivity index (χ3n) is 5.98. The van der Waals surface area contributed by atoms with E-state index in [-0.39, 0.29) is 16.8 Å². The number of nitrogens with one attached hydrogen (secondary N) is 1. The number of rotatable bonds is 7. The highest BCUT2D eigenvalue weighted by Crippen LogP contribution is 2.29. The molecule has 0 spiro atoms. The monoisotopic (exact) mass is 467 g/mol. The number of aromatic nitrogens is 2. The zero-order valence-corrected chi connectivity index (χ0v) is 19.9. The lowest BCUT2D eigenvalue weighted by molar-refractivity contribution is 0.0940. The van der Waals surface area contributed by atoms with E-state index in [1.165, 1.54) is 20.2 Å². The van der Waals surface area contributed by atoms with E-state index >= 15 is 0 Å². The molecule has 8 nitrogen and oxygen atoms in total. The summed E-state index contributed by atoms with van der Waals surface area (Å²) in [6.45, 7) is 3.62. The first-order valence-electron chi connectivity index (χ1n) is 11.0. The van der Waals surface area contributed by atoms with Crippen LogP contribution in [0.2, 0.25) is 0 Å². The number of amides is 1. The van der Waals surface area contributed by atoms with Crippen LogP contribution in [0.3, 0.4) is 0 Å². The van der Waals surface area contributed by atoms with Crippen molar-refractivity contribution in [3.8, 4) is 5.69 Å². The van der Waals surface area contributed by atoms with Crippen LogP contribution in [0.4, 0.5) is 5.69 Å². The summed E-state index contributed by atoms with van der Waals surface area (Å²) in [6, 6.07) is 12.4. The Morgan fingerprint density at radius 2 is 1.79 bits per heavy atom. The molecule has 1 aromatic heterocycles. The van der Waals surface area contributed by atoms with Gasteiger partial charge in [0, 0.05) is 51.0 Å². The lowest BCUT2D eigenvalue weighted by Gasteiger charge is -2.23. The summed E-state index contributed by atoms with van der Waals surface area (Å²) in [5.74, 6) is -0.293. The quantitative estimate of drug-likeness (QED) is 0.577. The van der Waals surface area contributed by atoms with E-state index in [1.807, 2.05) is 42.0 Å². The third kappa shape index (κ3) is 4.79. The van der Waals surface area contributed by atoms with Gasteiger partial charge < -0.3 is 14.8 Å². The van der Waals surface area contributed by atoms with Gasteiger partial charge in [-0.3, -0.25) is 4.79 Å². The van der Waals surface area contributed by atoms with Crippen molar-refractivity contribution in [2.24, 2.45) is 0 Å². The molecule has 1 unspecified atom stereocenters. The van der Waals surface area contributed by atoms with Crippen LogP contribution in [-0.2, 0) is 10.0 Å². The van der Waals surface area contributed by atoms with Crippen LogP contribution in [0.1, 0.15) is 41.7 Å². The molecule has 174 valence electrons. The molecule has 33 heavy (non-hydrogen) atoms. The van der Waals surface area contributed by atoms with E-state index in [1.54, 1.807) is 24.7 Å². The Morgan fingerprint density at radius 1 is 1.09 bits per heavy atom. The fraction of sp³-hybridized carbons (Fsp3) is 0.333. The zero-order chi connectivity index (χ0) is 23.6. The maximum absolute atomic E-state index is 13.4. The third-order valence-corrected chi connectivity index (χ3v) is 7.79. The number of hydrogen-bond donors (Lipinski definition) is 1. The van der Waals surface area contributed by atoms with Gasteiger partial charge in [0.05, 0.1) is 22.8 Å². The van der Waals surface area contributed by atoms with Gasteiger partial charge in [-0.15, -0.1) is 0 Å². The molecule has 3 aromatic rings. The number of sulfonamides is 1. The van der Waals surface area contributed by atoms with Gasteiger partial charge in [-0.1, -0.05) is 12.1 Å². The van der Waals surface area contributed by atoms with Crippen LogP contribution in [0.15, 0.2) is 66.1 Å². The molecular formula is C24H29N5O3S. The van der Waals surface area contributed by atoms with E-state index in [2.05, 4.69) is 15.2 Å². The first kappa shape index (κ1) is 23.0. The Kier molecular flexibility index (Phi) is 6.53. The molecule has 0 bridgehead atoms. The smallest absolute Gasteiger partial charge is 0.253 e. The standard InChI is InChI=1S/C24H29N5O3S/c1-18(19-6-8-20(9-7-19)29-15-12-25-17-29)26-24(30)22-16-21(33(31,32)27(2)3)10-11-23(22)28-13-4-5-14-28/h6-12,15-18H,4-5,13-14H2,1-3H3,(H,26,30). The first-order valence-corrected chi connectivity index (χ1v) is 12.4. The highest BCUT2D eigenvalue weighted by molar-refractivity contribution is 7.89.